The SMILES string of the molecule is Cc1nc(Cn2cc(Cl)c(N)n2)c(C)s1. The molecule has 0 bridgehead atoms. The maximum absolute atomic E-state index is 5.81. The van der Waals surface area contributed by atoms with Crippen molar-refractivity contribution in [1.29, 1.82) is 0 Å². The Labute approximate surface area is 96.7 Å². The molecule has 0 aliphatic carbocycles. The average molecular weight is 243 g/mol. The summed E-state index contributed by atoms with van der Waals surface area (Å²) in [6, 6.07) is 0. The number of hydrogen-bond donors (Lipinski definition) is 1. The summed E-state index contributed by atoms with van der Waals surface area (Å²) in [7, 11) is 0. The second-order valence-corrected chi connectivity index (χ2v) is 5.11. The normalized spacial score (nSPS) is 10.9. The molecule has 0 saturated heterocycles. The standard InChI is InChI=1S/C9H11ClN4S/c1-5-8(12-6(2)15-5)4-14-3-7(10)9(11)13-14/h3H,4H2,1-2H3,(H2,11,13). The molecule has 0 fully saturated rings. The van der Waals surface area contributed by atoms with Crippen molar-refractivity contribution in [2.75, 3.05) is 5.73 Å². The van der Waals surface area contributed by atoms with Crippen molar-refractivity contribution in [2.24, 2.45) is 0 Å². The fourth-order valence-electron chi connectivity index (χ4n) is 1.37. The Balaban J connectivity index is 2.25. The molecule has 0 spiro atoms. The number of nitrogens with zero attached hydrogens (tertiary/aromatic N) is 3. The van der Waals surface area contributed by atoms with Gasteiger partial charge in [-0.05, 0) is 13.8 Å². The van der Waals surface area contributed by atoms with Crippen LogP contribution in [0.2, 0.25) is 5.02 Å². The van der Waals surface area contributed by atoms with E-state index >= 15 is 0 Å². The molecule has 0 aromatic carbocycles. The van der Waals surface area contributed by atoms with Crippen molar-refractivity contribution in [3.63, 3.8) is 0 Å². The topological polar surface area (TPSA) is 56.7 Å². The maximum Gasteiger partial charge on any atom is 0.164 e. The van der Waals surface area contributed by atoms with Gasteiger partial charge >= 0.3 is 0 Å². The minimum atomic E-state index is 0.362. The molecular formula is C9H11ClN4S. The van der Waals surface area contributed by atoms with Gasteiger partial charge in [0.15, 0.2) is 5.82 Å². The molecule has 2 rings (SSSR count). The summed E-state index contributed by atoms with van der Waals surface area (Å²) in [5, 5.41) is 5.63. The van der Waals surface area contributed by atoms with Gasteiger partial charge in [-0.25, -0.2) is 4.98 Å². The number of aryl methyl sites for hydroxylation is 2. The number of anilines is 1. The van der Waals surface area contributed by atoms with E-state index in [1.165, 1.54) is 4.88 Å². The Morgan fingerprint density at radius 1 is 1.53 bits per heavy atom. The molecule has 0 atom stereocenters. The van der Waals surface area contributed by atoms with Gasteiger partial charge in [0.25, 0.3) is 0 Å². The van der Waals surface area contributed by atoms with Crippen LogP contribution in [0.5, 0.6) is 0 Å². The van der Waals surface area contributed by atoms with Gasteiger partial charge in [-0.2, -0.15) is 5.10 Å². The van der Waals surface area contributed by atoms with E-state index in [1.54, 1.807) is 22.2 Å². The van der Waals surface area contributed by atoms with Gasteiger partial charge in [-0.3, -0.25) is 4.68 Å². The Morgan fingerprint density at radius 2 is 2.27 bits per heavy atom. The maximum atomic E-state index is 5.81. The van der Waals surface area contributed by atoms with Gasteiger partial charge < -0.3 is 5.73 Å². The summed E-state index contributed by atoms with van der Waals surface area (Å²) in [6.45, 7) is 4.66. The van der Waals surface area contributed by atoms with E-state index in [0.29, 0.717) is 17.4 Å². The quantitative estimate of drug-likeness (QED) is 0.879. The van der Waals surface area contributed by atoms with Crippen LogP contribution in [-0.2, 0) is 6.54 Å². The fourth-order valence-corrected chi connectivity index (χ4v) is 2.34. The van der Waals surface area contributed by atoms with Crippen LogP contribution in [0.15, 0.2) is 6.20 Å². The summed E-state index contributed by atoms with van der Waals surface area (Å²) >= 11 is 7.50. The molecule has 2 heterocycles. The zero-order valence-electron chi connectivity index (χ0n) is 8.49. The van der Waals surface area contributed by atoms with E-state index in [9.17, 15) is 0 Å². The molecule has 15 heavy (non-hydrogen) atoms. The van der Waals surface area contributed by atoms with Gasteiger partial charge in [0, 0.05) is 11.1 Å². The second-order valence-electron chi connectivity index (χ2n) is 3.30. The molecule has 80 valence electrons. The van der Waals surface area contributed by atoms with Gasteiger partial charge in [0.2, 0.25) is 0 Å². The Kier molecular flexibility index (Phi) is 2.67. The number of halogens is 1. The molecule has 2 aromatic rings. The van der Waals surface area contributed by atoms with Crippen molar-refractivity contribution in [3.8, 4) is 0 Å². The minimum Gasteiger partial charge on any atom is -0.381 e. The first-order valence-corrected chi connectivity index (χ1v) is 5.67. The van der Waals surface area contributed by atoms with Crippen LogP contribution in [0.4, 0.5) is 5.82 Å². The highest BCUT2D eigenvalue weighted by Gasteiger charge is 2.08. The molecule has 0 radical (unpaired) electrons. The molecule has 2 aromatic heterocycles. The first-order valence-electron chi connectivity index (χ1n) is 4.47. The molecule has 0 aliphatic rings. The number of nitrogen functional groups attached to an aromatic ring is 1. The second kappa shape index (κ2) is 3.83. The van der Waals surface area contributed by atoms with E-state index < -0.39 is 0 Å². The molecule has 0 saturated carbocycles. The summed E-state index contributed by atoms with van der Waals surface area (Å²) < 4.78 is 1.71. The predicted octanol–water partition coefficient (Wildman–Crippen LogP) is 2.24. The van der Waals surface area contributed by atoms with Gasteiger partial charge in [-0.15, -0.1) is 11.3 Å². The Hall–Kier alpha value is -1.07. The average Bonchev–Trinajstić information content (AvgIpc) is 2.59. The third kappa shape index (κ3) is 2.13. The summed E-state index contributed by atoms with van der Waals surface area (Å²) in [6.07, 6.45) is 1.71. The van der Waals surface area contributed by atoms with Crippen molar-refractivity contribution < 1.29 is 0 Å². The highest BCUT2D eigenvalue weighted by Crippen LogP contribution is 2.20. The van der Waals surface area contributed by atoms with E-state index in [-0.39, 0.29) is 0 Å². The molecule has 0 aliphatic heterocycles. The van der Waals surface area contributed by atoms with Crippen LogP contribution in [0.1, 0.15) is 15.6 Å². The lowest BCUT2D eigenvalue weighted by atomic mass is 10.4. The first kappa shape index (κ1) is 10.4. The molecular weight excluding hydrogens is 232 g/mol. The van der Waals surface area contributed by atoms with Crippen molar-refractivity contribution in [1.82, 2.24) is 14.8 Å². The molecule has 2 N–H and O–H groups in total. The molecule has 4 nitrogen and oxygen atoms in total. The highest BCUT2D eigenvalue weighted by atomic mass is 35.5. The number of nitrogens with two attached hydrogens (primary N) is 1. The van der Waals surface area contributed by atoms with Crippen LogP contribution < -0.4 is 5.73 Å². The van der Waals surface area contributed by atoms with Crippen LogP contribution in [0.25, 0.3) is 0 Å². The van der Waals surface area contributed by atoms with Crippen LogP contribution in [0.3, 0.4) is 0 Å². The van der Waals surface area contributed by atoms with Crippen molar-refractivity contribution in [2.45, 2.75) is 20.4 Å². The molecule has 0 amide bonds. The van der Waals surface area contributed by atoms with E-state index in [4.69, 9.17) is 17.3 Å². The van der Waals surface area contributed by atoms with E-state index in [0.717, 1.165) is 10.7 Å². The minimum absolute atomic E-state index is 0.362. The lowest BCUT2D eigenvalue weighted by Crippen LogP contribution is -2.02. The number of thiazole rings is 1. The summed E-state index contributed by atoms with van der Waals surface area (Å²) in [5.74, 6) is 0.362. The zero-order valence-corrected chi connectivity index (χ0v) is 10.1. The fraction of sp³-hybridized carbons (Fsp3) is 0.333. The summed E-state index contributed by atoms with van der Waals surface area (Å²) in [5.41, 5.74) is 6.58. The zero-order chi connectivity index (χ0) is 11.0. The van der Waals surface area contributed by atoms with Gasteiger partial charge in [-0.1, -0.05) is 11.6 Å². The Morgan fingerprint density at radius 3 is 2.73 bits per heavy atom. The smallest absolute Gasteiger partial charge is 0.164 e. The predicted molar refractivity (Wildman–Crippen MR) is 62.3 cm³/mol. The van der Waals surface area contributed by atoms with Crippen LogP contribution in [0, 0.1) is 13.8 Å². The monoisotopic (exact) mass is 242 g/mol. The Bertz CT molecular complexity index is 469. The molecule has 6 heteroatoms. The van der Waals surface area contributed by atoms with Crippen LogP contribution in [-0.4, -0.2) is 14.8 Å². The summed E-state index contributed by atoms with van der Waals surface area (Å²) in [4.78, 5) is 5.62. The first-order chi connectivity index (χ1) is 7.06. The largest absolute Gasteiger partial charge is 0.381 e. The van der Waals surface area contributed by atoms with Crippen molar-refractivity contribution in [3.05, 3.63) is 26.8 Å². The number of aromatic nitrogens is 3. The lowest BCUT2D eigenvalue weighted by molar-refractivity contribution is 0.675. The van der Waals surface area contributed by atoms with Crippen LogP contribution >= 0.6 is 22.9 Å². The number of hydrogen-bond acceptors (Lipinski definition) is 4. The van der Waals surface area contributed by atoms with Crippen molar-refractivity contribution >= 4 is 28.8 Å². The van der Waals surface area contributed by atoms with E-state index in [2.05, 4.69) is 17.0 Å². The molecule has 0 unspecified atom stereocenters. The highest BCUT2D eigenvalue weighted by molar-refractivity contribution is 7.11. The number of rotatable bonds is 2. The van der Waals surface area contributed by atoms with Gasteiger partial charge in [0.1, 0.15) is 5.02 Å². The van der Waals surface area contributed by atoms with E-state index in [1.807, 2.05) is 6.92 Å². The third-order valence-electron chi connectivity index (χ3n) is 2.05. The lowest BCUT2D eigenvalue weighted by Gasteiger charge is -1.98. The van der Waals surface area contributed by atoms with Gasteiger partial charge in [0.05, 0.1) is 17.2 Å². The third-order valence-corrected chi connectivity index (χ3v) is 3.27.